The van der Waals surface area contributed by atoms with E-state index in [-0.39, 0.29) is 12.5 Å². The Bertz CT molecular complexity index is 916. The van der Waals surface area contributed by atoms with Crippen LogP contribution >= 0.6 is 0 Å². The van der Waals surface area contributed by atoms with Crippen LogP contribution in [0.2, 0.25) is 0 Å². The van der Waals surface area contributed by atoms with Crippen LogP contribution in [0.1, 0.15) is 27.2 Å². The van der Waals surface area contributed by atoms with Crippen molar-refractivity contribution < 1.29 is 23.4 Å². The van der Waals surface area contributed by atoms with Crippen LogP contribution in [-0.4, -0.2) is 26.7 Å². The fourth-order valence-corrected chi connectivity index (χ4v) is 2.96. The van der Waals surface area contributed by atoms with E-state index in [2.05, 4.69) is 0 Å². The van der Waals surface area contributed by atoms with Crippen molar-refractivity contribution in [3.63, 3.8) is 0 Å². The summed E-state index contributed by atoms with van der Waals surface area (Å²) in [6.45, 7) is 5.37. The molecule has 160 valence electrons. The lowest BCUT2D eigenvalue weighted by Gasteiger charge is -2.25. The Morgan fingerprint density at radius 1 is 1.07 bits per heavy atom. The Hall–Kier alpha value is -3.28. The maximum absolute atomic E-state index is 14.1. The second kappa shape index (κ2) is 11.0. The first-order valence-electron chi connectivity index (χ1n) is 9.68. The molecule has 0 fully saturated rings. The number of rotatable bonds is 9. The minimum atomic E-state index is -0.465. The molecule has 30 heavy (non-hydrogen) atoms. The van der Waals surface area contributed by atoms with Crippen LogP contribution in [0.5, 0.6) is 11.5 Å². The standard InChI is InChI=1S/C24H28FNO4/c1-6-23(29-5)19(14-17(2)28-4)16-26(18(3)27)22-15-20(25)12-13-24(22)30-21-10-8-7-9-11-21/h7-15H,6,16H2,1-5H3/b17-14+,23-19-. The first kappa shape index (κ1) is 23.0. The molecule has 0 atom stereocenters. The molecule has 0 radical (unpaired) electrons. The number of hydrogen-bond acceptors (Lipinski definition) is 4. The highest BCUT2D eigenvalue weighted by molar-refractivity contribution is 5.93. The number of carbonyl (C=O) groups excluding carboxylic acids is 1. The van der Waals surface area contributed by atoms with Crippen molar-refractivity contribution in [3.8, 4) is 11.5 Å². The maximum atomic E-state index is 14.1. The Morgan fingerprint density at radius 2 is 1.77 bits per heavy atom. The topological polar surface area (TPSA) is 48.0 Å². The molecule has 0 aliphatic rings. The summed E-state index contributed by atoms with van der Waals surface area (Å²) in [5.74, 6) is 1.61. The first-order chi connectivity index (χ1) is 14.4. The molecule has 0 heterocycles. The van der Waals surface area contributed by atoms with Gasteiger partial charge in [-0.2, -0.15) is 0 Å². The summed E-state index contributed by atoms with van der Waals surface area (Å²) in [6.07, 6.45) is 2.44. The molecule has 2 rings (SSSR count). The van der Waals surface area contributed by atoms with E-state index in [1.807, 2.05) is 38.1 Å². The molecule has 2 aromatic rings. The number of nitrogens with zero attached hydrogens (tertiary/aromatic N) is 1. The number of anilines is 1. The van der Waals surface area contributed by atoms with E-state index >= 15 is 0 Å². The van der Waals surface area contributed by atoms with Gasteiger partial charge in [0.1, 0.15) is 17.3 Å². The van der Waals surface area contributed by atoms with Crippen LogP contribution in [0.4, 0.5) is 10.1 Å². The number of ether oxygens (including phenoxy) is 3. The van der Waals surface area contributed by atoms with Gasteiger partial charge in [0, 0.05) is 25.0 Å². The number of benzene rings is 2. The van der Waals surface area contributed by atoms with Gasteiger partial charge < -0.3 is 19.1 Å². The van der Waals surface area contributed by atoms with E-state index in [9.17, 15) is 9.18 Å². The van der Waals surface area contributed by atoms with Gasteiger partial charge in [0.25, 0.3) is 0 Å². The molecule has 0 bridgehead atoms. The number of para-hydroxylation sites is 1. The number of allylic oxidation sites excluding steroid dienone is 2. The molecule has 0 spiro atoms. The lowest BCUT2D eigenvalue weighted by molar-refractivity contribution is -0.116. The van der Waals surface area contributed by atoms with Crippen LogP contribution < -0.4 is 9.64 Å². The summed E-state index contributed by atoms with van der Waals surface area (Å²) in [5.41, 5.74) is 1.09. The second-order valence-electron chi connectivity index (χ2n) is 6.60. The smallest absolute Gasteiger partial charge is 0.224 e. The molecule has 0 N–H and O–H groups in total. The molecule has 2 aromatic carbocycles. The normalized spacial score (nSPS) is 12.1. The average Bonchev–Trinajstić information content (AvgIpc) is 2.74. The third-order valence-electron chi connectivity index (χ3n) is 4.52. The number of halogens is 1. The molecule has 0 aliphatic heterocycles. The second-order valence-corrected chi connectivity index (χ2v) is 6.60. The Labute approximate surface area is 177 Å². The minimum absolute atomic E-state index is 0.168. The van der Waals surface area contributed by atoms with Gasteiger partial charge >= 0.3 is 0 Å². The SMILES string of the molecule is CC/C(OC)=C(\C=C(/C)OC)CN(C(C)=O)c1cc(F)ccc1Oc1ccccc1. The highest BCUT2D eigenvalue weighted by atomic mass is 19.1. The van der Waals surface area contributed by atoms with Gasteiger partial charge in [0.2, 0.25) is 5.91 Å². The number of methoxy groups -OCH3 is 2. The summed E-state index contributed by atoms with van der Waals surface area (Å²) < 4.78 is 30.9. The van der Waals surface area contributed by atoms with E-state index in [4.69, 9.17) is 14.2 Å². The van der Waals surface area contributed by atoms with Crippen LogP contribution in [-0.2, 0) is 14.3 Å². The molecule has 0 aromatic heterocycles. The van der Waals surface area contributed by atoms with Gasteiger partial charge in [0.15, 0.2) is 5.75 Å². The average molecular weight is 413 g/mol. The molecule has 1 amide bonds. The molecule has 6 heteroatoms. The van der Waals surface area contributed by atoms with E-state index in [1.165, 1.54) is 30.0 Å². The minimum Gasteiger partial charge on any atom is -0.501 e. The summed E-state index contributed by atoms with van der Waals surface area (Å²) in [6, 6.07) is 13.3. The first-order valence-corrected chi connectivity index (χ1v) is 9.68. The molecule has 0 unspecified atom stereocenters. The van der Waals surface area contributed by atoms with Gasteiger partial charge in [-0.1, -0.05) is 25.1 Å². The third kappa shape index (κ3) is 6.11. The van der Waals surface area contributed by atoms with Crippen molar-refractivity contribution in [2.24, 2.45) is 0 Å². The largest absolute Gasteiger partial charge is 0.501 e. The third-order valence-corrected chi connectivity index (χ3v) is 4.52. The van der Waals surface area contributed by atoms with Crippen molar-refractivity contribution in [1.82, 2.24) is 0 Å². The molecular weight excluding hydrogens is 385 g/mol. The maximum Gasteiger partial charge on any atom is 0.224 e. The molecule has 5 nitrogen and oxygen atoms in total. The lowest BCUT2D eigenvalue weighted by Crippen LogP contribution is -2.31. The lowest BCUT2D eigenvalue weighted by atomic mass is 10.1. The zero-order chi connectivity index (χ0) is 22.1. The zero-order valence-electron chi connectivity index (χ0n) is 18.1. The highest BCUT2D eigenvalue weighted by Gasteiger charge is 2.21. The molecule has 0 saturated heterocycles. The van der Waals surface area contributed by atoms with Crippen molar-refractivity contribution in [3.05, 3.63) is 77.5 Å². The van der Waals surface area contributed by atoms with Crippen LogP contribution in [0.3, 0.4) is 0 Å². The quantitative estimate of drug-likeness (QED) is 0.383. The van der Waals surface area contributed by atoms with Crippen molar-refractivity contribution in [1.29, 1.82) is 0 Å². The fraction of sp³-hybridized carbons (Fsp3) is 0.292. The van der Waals surface area contributed by atoms with Gasteiger partial charge in [0.05, 0.1) is 32.2 Å². The summed E-state index contributed by atoms with van der Waals surface area (Å²) in [7, 11) is 3.15. The van der Waals surface area contributed by atoms with Crippen LogP contribution in [0, 0.1) is 5.82 Å². The predicted octanol–water partition coefficient (Wildman–Crippen LogP) is 5.83. The molecule has 0 aliphatic carbocycles. The monoisotopic (exact) mass is 413 g/mol. The van der Waals surface area contributed by atoms with E-state index < -0.39 is 5.82 Å². The van der Waals surface area contributed by atoms with Crippen LogP contribution in [0.15, 0.2) is 71.7 Å². The van der Waals surface area contributed by atoms with Crippen LogP contribution in [0.25, 0.3) is 0 Å². The van der Waals surface area contributed by atoms with E-state index in [1.54, 1.807) is 26.4 Å². The van der Waals surface area contributed by atoms with Crippen molar-refractivity contribution in [2.45, 2.75) is 27.2 Å². The molecular formula is C24H28FNO4. The number of hydrogen-bond donors (Lipinski definition) is 0. The van der Waals surface area contributed by atoms with Crippen molar-refractivity contribution in [2.75, 3.05) is 25.7 Å². The summed E-state index contributed by atoms with van der Waals surface area (Å²) in [5, 5.41) is 0. The fourth-order valence-electron chi connectivity index (χ4n) is 2.96. The van der Waals surface area contributed by atoms with E-state index in [0.29, 0.717) is 35.1 Å². The number of amides is 1. The van der Waals surface area contributed by atoms with Gasteiger partial charge in [-0.05, 0) is 37.3 Å². The Morgan fingerprint density at radius 3 is 2.33 bits per heavy atom. The number of carbonyl (C=O) groups is 1. The predicted molar refractivity (Wildman–Crippen MR) is 116 cm³/mol. The van der Waals surface area contributed by atoms with Gasteiger partial charge in [-0.15, -0.1) is 0 Å². The molecule has 0 saturated carbocycles. The highest BCUT2D eigenvalue weighted by Crippen LogP contribution is 2.34. The Kier molecular flexibility index (Phi) is 8.47. The zero-order valence-corrected chi connectivity index (χ0v) is 18.1. The van der Waals surface area contributed by atoms with E-state index in [0.717, 1.165) is 5.57 Å². The van der Waals surface area contributed by atoms with Gasteiger partial charge in [-0.3, -0.25) is 4.79 Å². The summed E-state index contributed by atoms with van der Waals surface area (Å²) in [4.78, 5) is 14.0. The summed E-state index contributed by atoms with van der Waals surface area (Å²) >= 11 is 0. The van der Waals surface area contributed by atoms with Gasteiger partial charge in [-0.25, -0.2) is 4.39 Å². The van der Waals surface area contributed by atoms with Crippen molar-refractivity contribution >= 4 is 11.6 Å². The Balaban J connectivity index is 2.52.